The number of hydrogen-bond acceptors (Lipinski definition) is 4. The number of carbonyl (C=O) groups excluding carboxylic acids is 1. The van der Waals surface area contributed by atoms with Crippen LogP contribution in [0.2, 0.25) is 0 Å². The number of aromatic nitrogens is 1. The fraction of sp³-hybridized carbons (Fsp3) is 0.333. The molecule has 1 aromatic heterocycles. The molecule has 5 heteroatoms. The number of aryl methyl sites for hydroxylation is 1. The van der Waals surface area contributed by atoms with Gasteiger partial charge in [0.05, 0.1) is 18.8 Å². The first-order valence-corrected chi connectivity index (χ1v) is 8.25. The minimum Gasteiger partial charge on any atom is -0.493 e. The molecule has 2 rings (SSSR count). The minimum absolute atomic E-state index is 0.180. The SMILES string of the molecule is C#CCNC(=O)c1sc(-c2ccc(OCC(C)C)cc2)nc1C. The molecule has 2 aromatic rings. The lowest BCUT2D eigenvalue weighted by Gasteiger charge is -2.08. The van der Waals surface area contributed by atoms with Crippen molar-refractivity contribution in [3.63, 3.8) is 0 Å². The molecule has 0 aliphatic heterocycles. The molecule has 0 radical (unpaired) electrons. The molecule has 0 unspecified atom stereocenters. The topological polar surface area (TPSA) is 51.2 Å². The molecule has 0 aliphatic rings. The number of terminal acetylenes is 1. The van der Waals surface area contributed by atoms with E-state index >= 15 is 0 Å². The Labute approximate surface area is 140 Å². The highest BCUT2D eigenvalue weighted by molar-refractivity contribution is 7.17. The van der Waals surface area contributed by atoms with Gasteiger partial charge in [-0.25, -0.2) is 4.98 Å². The van der Waals surface area contributed by atoms with Gasteiger partial charge in [0, 0.05) is 5.56 Å². The normalized spacial score (nSPS) is 10.4. The maximum atomic E-state index is 12.0. The van der Waals surface area contributed by atoms with Crippen molar-refractivity contribution in [3.05, 3.63) is 34.8 Å². The molecule has 4 nitrogen and oxygen atoms in total. The summed E-state index contributed by atoms with van der Waals surface area (Å²) in [5.41, 5.74) is 1.67. The quantitative estimate of drug-likeness (QED) is 0.826. The maximum absolute atomic E-state index is 12.0. The number of carbonyl (C=O) groups is 1. The van der Waals surface area contributed by atoms with Gasteiger partial charge in [-0.1, -0.05) is 19.8 Å². The van der Waals surface area contributed by atoms with Crippen molar-refractivity contribution >= 4 is 17.2 Å². The van der Waals surface area contributed by atoms with Gasteiger partial charge in [0.1, 0.15) is 15.6 Å². The minimum atomic E-state index is -0.180. The van der Waals surface area contributed by atoms with Crippen molar-refractivity contribution in [1.82, 2.24) is 10.3 Å². The first-order valence-electron chi connectivity index (χ1n) is 7.43. The molecule has 1 aromatic carbocycles. The number of nitrogens with zero attached hydrogens (tertiary/aromatic N) is 1. The molecular formula is C18H20N2O2S. The molecule has 0 spiro atoms. The molecule has 0 saturated heterocycles. The van der Waals surface area contributed by atoms with Crippen molar-refractivity contribution in [3.8, 4) is 28.7 Å². The second-order valence-corrected chi connectivity index (χ2v) is 6.55. The van der Waals surface area contributed by atoms with E-state index in [1.165, 1.54) is 11.3 Å². The molecular weight excluding hydrogens is 308 g/mol. The summed E-state index contributed by atoms with van der Waals surface area (Å²) in [6.45, 7) is 6.95. The van der Waals surface area contributed by atoms with Gasteiger partial charge in [0.2, 0.25) is 0 Å². The van der Waals surface area contributed by atoms with Crippen LogP contribution in [0.5, 0.6) is 5.75 Å². The number of hydrogen-bond donors (Lipinski definition) is 1. The maximum Gasteiger partial charge on any atom is 0.264 e. The van der Waals surface area contributed by atoms with Crippen molar-refractivity contribution in [2.24, 2.45) is 5.92 Å². The van der Waals surface area contributed by atoms with Gasteiger partial charge >= 0.3 is 0 Å². The Balaban J connectivity index is 2.13. The van der Waals surface area contributed by atoms with E-state index in [9.17, 15) is 4.79 Å². The zero-order valence-electron chi connectivity index (χ0n) is 13.6. The number of rotatable bonds is 6. The first kappa shape index (κ1) is 17.0. The molecule has 120 valence electrons. The zero-order valence-corrected chi connectivity index (χ0v) is 14.4. The second kappa shape index (κ2) is 7.80. The van der Waals surface area contributed by atoms with Crippen LogP contribution in [0.4, 0.5) is 0 Å². The predicted molar refractivity (Wildman–Crippen MR) is 93.8 cm³/mol. The molecule has 1 heterocycles. The standard InChI is InChI=1S/C18H20N2O2S/c1-5-10-19-17(21)16-13(4)20-18(23-16)14-6-8-15(9-7-14)22-11-12(2)3/h1,6-9,12H,10-11H2,2-4H3,(H,19,21). The fourth-order valence-corrected chi connectivity index (χ4v) is 2.89. The van der Waals surface area contributed by atoms with Crippen LogP contribution >= 0.6 is 11.3 Å². The Morgan fingerprint density at radius 1 is 1.39 bits per heavy atom. The van der Waals surface area contributed by atoms with E-state index in [0.29, 0.717) is 23.1 Å². The number of amides is 1. The third kappa shape index (κ3) is 4.57. The van der Waals surface area contributed by atoms with E-state index in [2.05, 4.69) is 30.1 Å². The van der Waals surface area contributed by atoms with Crippen LogP contribution in [0.15, 0.2) is 24.3 Å². The van der Waals surface area contributed by atoms with E-state index in [4.69, 9.17) is 11.2 Å². The summed E-state index contributed by atoms with van der Waals surface area (Å²) in [5.74, 6) is 3.53. The molecule has 1 amide bonds. The van der Waals surface area contributed by atoms with Crippen LogP contribution in [-0.2, 0) is 0 Å². The lowest BCUT2D eigenvalue weighted by atomic mass is 10.2. The van der Waals surface area contributed by atoms with E-state index in [0.717, 1.165) is 16.3 Å². The molecule has 0 aliphatic carbocycles. The summed E-state index contributed by atoms with van der Waals surface area (Å²) in [6, 6.07) is 7.76. The predicted octanol–water partition coefficient (Wildman–Crippen LogP) is 3.52. The van der Waals surface area contributed by atoms with Crippen LogP contribution in [0.25, 0.3) is 10.6 Å². The van der Waals surface area contributed by atoms with Gasteiger partial charge < -0.3 is 10.1 Å². The van der Waals surface area contributed by atoms with Gasteiger partial charge in [-0.05, 0) is 37.1 Å². The third-order valence-electron chi connectivity index (χ3n) is 3.04. The van der Waals surface area contributed by atoms with Gasteiger partial charge in [-0.15, -0.1) is 17.8 Å². The summed E-state index contributed by atoms with van der Waals surface area (Å²) in [4.78, 5) is 17.1. The summed E-state index contributed by atoms with van der Waals surface area (Å²) in [6.07, 6.45) is 5.16. The van der Waals surface area contributed by atoms with E-state index in [1.807, 2.05) is 31.2 Å². The van der Waals surface area contributed by atoms with E-state index in [-0.39, 0.29) is 12.5 Å². The lowest BCUT2D eigenvalue weighted by Crippen LogP contribution is -2.23. The van der Waals surface area contributed by atoms with Crippen LogP contribution in [0.1, 0.15) is 29.2 Å². The number of thiazole rings is 1. The number of ether oxygens (including phenoxy) is 1. The monoisotopic (exact) mass is 328 g/mol. The van der Waals surface area contributed by atoms with E-state index < -0.39 is 0 Å². The Morgan fingerprint density at radius 2 is 2.09 bits per heavy atom. The highest BCUT2D eigenvalue weighted by Gasteiger charge is 2.15. The van der Waals surface area contributed by atoms with Gasteiger partial charge in [-0.2, -0.15) is 0 Å². The van der Waals surface area contributed by atoms with Crippen molar-refractivity contribution in [2.45, 2.75) is 20.8 Å². The second-order valence-electron chi connectivity index (χ2n) is 5.55. The summed E-state index contributed by atoms with van der Waals surface area (Å²) in [5, 5.41) is 3.48. The highest BCUT2D eigenvalue weighted by atomic mass is 32.1. The Bertz CT molecular complexity index is 712. The molecule has 0 atom stereocenters. The first-order chi connectivity index (χ1) is 11.0. The van der Waals surface area contributed by atoms with Crippen molar-refractivity contribution in [2.75, 3.05) is 13.2 Å². The van der Waals surface area contributed by atoms with Crippen molar-refractivity contribution < 1.29 is 9.53 Å². The summed E-state index contributed by atoms with van der Waals surface area (Å²) in [7, 11) is 0. The highest BCUT2D eigenvalue weighted by Crippen LogP contribution is 2.29. The third-order valence-corrected chi connectivity index (χ3v) is 4.24. The molecule has 1 N–H and O–H groups in total. The zero-order chi connectivity index (χ0) is 16.8. The van der Waals surface area contributed by atoms with Crippen LogP contribution in [0, 0.1) is 25.2 Å². The number of nitrogens with one attached hydrogen (secondary N) is 1. The Hall–Kier alpha value is -2.32. The average molecular weight is 328 g/mol. The molecule has 23 heavy (non-hydrogen) atoms. The van der Waals surface area contributed by atoms with Gasteiger partial charge in [0.25, 0.3) is 5.91 Å². The Kier molecular flexibility index (Phi) is 5.78. The molecule has 0 saturated carbocycles. The average Bonchev–Trinajstić information content (AvgIpc) is 2.93. The van der Waals surface area contributed by atoms with Gasteiger partial charge in [-0.3, -0.25) is 4.79 Å². The molecule has 0 bridgehead atoms. The summed E-state index contributed by atoms with van der Waals surface area (Å²) < 4.78 is 5.67. The smallest absolute Gasteiger partial charge is 0.264 e. The summed E-state index contributed by atoms with van der Waals surface area (Å²) >= 11 is 1.36. The van der Waals surface area contributed by atoms with E-state index in [1.54, 1.807) is 0 Å². The number of benzene rings is 1. The van der Waals surface area contributed by atoms with Crippen molar-refractivity contribution in [1.29, 1.82) is 0 Å². The largest absolute Gasteiger partial charge is 0.493 e. The molecule has 0 fully saturated rings. The van der Waals surface area contributed by atoms with Crippen LogP contribution in [0.3, 0.4) is 0 Å². The van der Waals surface area contributed by atoms with Gasteiger partial charge in [0.15, 0.2) is 0 Å². The fourth-order valence-electron chi connectivity index (χ4n) is 1.90. The van der Waals surface area contributed by atoms with Crippen LogP contribution < -0.4 is 10.1 Å². The Morgan fingerprint density at radius 3 is 2.70 bits per heavy atom. The lowest BCUT2D eigenvalue weighted by molar-refractivity contribution is 0.0962. The van der Waals surface area contributed by atoms with Crippen LogP contribution in [-0.4, -0.2) is 24.0 Å².